The second-order valence-corrected chi connectivity index (χ2v) is 3.07. The molecule has 1 N–H and O–H groups in total. The van der Waals surface area contributed by atoms with Gasteiger partial charge < -0.3 is 4.74 Å². The molecule has 64 valence electrons. The summed E-state index contributed by atoms with van der Waals surface area (Å²) in [5.41, 5.74) is -0.408. The summed E-state index contributed by atoms with van der Waals surface area (Å²) >= 11 is 5.66. The Morgan fingerprint density at radius 2 is 2.42 bits per heavy atom. The van der Waals surface area contributed by atoms with Gasteiger partial charge in [0.1, 0.15) is 0 Å². The van der Waals surface area contributed by atoms with E-state index in [2.05, 4.69) is 10.2 Å². The number of halogens is 1. The first kappa shape index (κ1) is 7.61. The molecule has 1 aliphatic carbocycles. The van der Waals surface area contributed by atoms with E-state index in [1.165, 1.54) is 6.20 Å². The van der Waals surface area contributed by atoms with Crippen LogP contribution in [-0.2, 0) is 0 Å². The third-order valence-electron chi connectivity index (χ3n) is 1.58. The van der Waals surface area contributed by atoms with Crippen molar-refractivity contribution in [2.24, 2.45) is 0 Å². The van der Waals surface area contributed by atoms with E-state index in [1.807, 2.05) is 0 Å². The molecule has 4 nitrogen and oxygen atoms in total. The molecule has 1 saturated carbocycles. The molecule has 1 heterocycles. The van der Waals surface area contributed by atoms with Crippen LogP contribution in [0.3, 0.4) is 0 Å². The van der Waals surface area contributed by atoms with Gasteiger partial charge in [0, 0.05) is 0 Å². The monoisotopic (exact) mass is 186 g/mol. The first-order valence-electron chi connectivity index (χ1n) is 3.67. The second kappa shape index (κ2) is 2.79. The number of hydrogen-bond donors (Lipinski definition) is 1. The van der Waals surface area contributed by atoms with E-state index in [9.17, 15) is 4.79 Å². The summed E-state index contributed by atoms with van der Waals surface area (Å²) < 4.78 is 5.32. The highest BCUT2D eigenvalue weighted by Gasteiger charge is 2.24. The van der Waals surface area contributed by atoms with Gasteiger partial charge in [0.05, 0.1) is 12.3 Å². The third-order valence-corrected chi connectivity index (χ3v) is 1.94. The zero-order chi connectivity index (χ0) is 8.55. The smallest absolute Gasteiger partial charge is 0.286 e. The van der Waals surface area contributed by atoms with Crippen molar-refractivity contribution in [3.05, 3.63) is 21.6 Å². The quantitative estimate of drug-likeness (QED) is 0.749. The summed E-state index contributed by atoms with van der Waals surface area (Å²) in [5.74, 6) is 0.378. The summed E-state index contributed by atoms with van der Waals surface area (Å²) in [6.07, 6.45) is 3.71. The molecule has 0 bridgehead atoms. The SMILES string of the molecule is O=c1[nH]ncc(OC2CC2)c1Cl. The maximum Gasteiger partial charge on any atom is 0.286 e. The number of aromatic nitrogens is 2. The average molecular weight is 187 g/mol. The molecule has 0 spiro atoms. The Balaban J connectivity index is 2.29. The van der Waals surface area contributed by atoms with Gasteiger partial charge in [-0.1, -0.05) is 11.6 Å². The molecule has 0 aromatic carbocycles. The first-order chi connectivity index (χ1) is 5.77. The van der Waals surface area contributed by atoms with Crippen molar-refractivity contribution in [1.82, 2.24) is 10.2 Å². The molecule has 0 radical (unpaired) electrons. The van der Waals surface area contributed by atoms with E-state index >= 15 is 0 Å². The number of nitrogens with zero attached hydrogens (tertiary/aromatic N) is 1. The molecule has 0 atom stereocenters. The molecule has 1 aromatic heterocycles. The predicted molar refractivity (Wildman–Crippen MR) is 43.5 cm³/mol. The lowest BCUT2D eigenvalue weighted by Crippen LogP contribution is -2.10. The van der Waals surface area contributed by atoms with Crippen molar-refractivity contribution >= 4 is 11.6 Å². The molecular formula is C7H7ClN2O2. The Kier molecular flexibility index (Phi) is 1.77. The predicted octanol–water partition coefficient (Wildman–Crippen LogP) is 0.964. The van der Waals surface area contributed by atoms with Gasteiger partial charge in [-0.2, -0.15) is 5.10 Å². The maximum atomic E-state index is 10.9. The molecule has 0 unspecified atom stereocenters. The van der Waals surface area contributed by atoms with E-state index in [0.29, 0.717) is 5.75 Å². The summed E-state index contributed by atoms with van der Waals surface area (Å²) in [4.78, 5) is 10.9. The highest BCUT2D eigenvalue weighted by Crippen LogP contribution is 2.28. The van der Waals surface area contributed by atoms with Crippen LogP contribution in [0.4, 0.5) is 0 Å². The van der Waals surface area contributed by atoms with E-state index < -0.39 is 5.56 Å². The molecule has 1 fully saturated rings. The molecule has 0 aliphatic heterocycles. The van der Waals surface area contributed by atoms with Crippen molar-refractivity contribution in [1.29, 1.82) is 0 Å². The molecule has 5 heteroatoms. The van der Waals surface area contributed by atoms with Crippen molar-refractivity contribution in [2.45, 2.75) is 18.9 Å². The van der Waals surface area contributed by atoms with E-state index in [1.54, 1.807) is 0 Å². The number of rotatable bonds is 2. The van der Waals surface area contributed by atoms with Crippen LogP contribution in [0.25, 0.3) is 0 Å². The molecule has 12 heavy (non-hydrogen) atoms. The molecule has 0 amide bonds. The third kappa shape index (κ3) is 1.43. The van der Waals surface area contributed by atoms with Crippen LogP contribution >= 0.6 is 11.6 Å². The number of nitrogens with one attached hydrogen (secondary N) is 1. The number of H-pyrrole nitrogens is 1. The lowest BCUT2D eigenvalue weighted by molar-refractivity contribution is 0.301. The fraction of sp³-hybridized carbons (Fsp3) is 0.429. The van der Waals surface area contributed by atoms with E-state index in [-0.39, 0.29) is 11.1 Å². The van der Waals surface area contributed by atoms with Crippen LogP contribution in [0, 0.1) is 0 Å². The van der Waals surface area contributed by atoms with Crippen molar-refractivity contribution in [3.8, 4) is 5.75 Å². The minimum Gasteiger partial charge on any atom is -0.487 e. The summed E-state index contributed by atoms with van der Waals surface area (Å²) in [5, 5.41) is 5.88. The van der Waals surface area contributed by atoms with Gasteiger partial charge in [0.2, 0.25) is 0 Å². The largest absolute Gasteiger partial charge is 0.487 e. The molecule has 1 aromatic rings. The highest BCUT2D eigenvalue weighted by molar-refractivity contribution is 6.31. The standard InChI is InChI=1S/C7H7ClN2O2/c8-6-5(12-4-1-2-4)3-9-10-7(6)11/h3-4H,1-2H2,(H,10,11). The van der Waals surface area contributed by atoms with Crippen LogP contribution in [0.1, 0.15) is 12.8 Å². The Morgan fingerprint density at radius 1 is 1.67 bits per heavy atom. The average Bonchev–Trinajstić information content (AvgIpc) is 2.83. The summed E-state index contributed by atoms with van der Waals surface area (Å²) in [6, 6.07) is 0. The second-order valence-electron chi connectivity index (χ2n) is 2.69. The van der Waals surface area contributed by atoms with E-state index in [0.717, 1.165) is 12.8 Å². The van der Waals surface area contributed by atoms with Gasteiger partial charge in [0.25, 0.3) is 5.56 Å². The van der Waals surface area contributed by atoms with Crippen molar-refractivity contribution in [2.75, 3.05) is 0 Å². The Labute approximate surface area is 73.5 Å². The molecule has 0 saturated heterocycles. The van der Waals surface area contributed by atoms with E-state index in [4.69, 9.17) is 16.3 Å². The van der Waals surface area contributed by atoms with Gasteiger partial charge in [-0.15, -0.1) is 0 Å². The van der Waals surface area contributed by atoms with Crippen molar-refractivity contribution < 1.29 is 4.74 Å². The molecule has 1 aliphatic rings. The van der Waals surface area contributed by atoms with Crippen LogP contribution in [0.15, 0.2) is 11.0 Å². The Morgan fingerprint density at radius 3 is 3.08 bits per heavy atom. The van der Waals surface area contributed by atoms with Crippen LogP contribution < -0.4 is 10.3 Å². The fourth-order valence-electron chi connectivity index (χ4n) is 0.815. The van der Waals surface area contributed by atoms with Gasteiger partial charge in [0.15, 0.2) is 10.8 Å². The van der Waals surface area contributed by atoms with Gasteiger partial charge in [-0.3, -0.25) is 4.79 Å². The van der Waals surface area contributed by atoms with Gasteiger partial charge in [-0.25, -0.2) is 5.10 Å². The Bertz CT molecular complexity index is 346. The maximum absolute atomic E-state index is 10.9. The zero-order valence-corrected chi connectivity index (χ0v) is 6.97. The minimum atomic E-state index is -0.408. The number of ether oxygens (including phenoxy) is 1. The van der Waals surface area contributed by atoms with Crippen LogP contribution in [0.5, 0.6) is 5.75 Å². The molecular weight excluding hydrogens is 180 g/mol. The molecule has 2 rings (SSSR count). The topological polar surface area (TPSA) is 55.0 Å². The normalized spacial score (nSPS) is 16.1. The lowest BCUT2D eigenvalue weighted by atomic mass is 10.5. The number of hydrogen-bond acceptors (Lipinski definition) is 3. The Hall–Kier alpha value is -1.03. The minimum absolute atomic E-state index is 0.0805. The first-order valence-corrected chi connectivity index (χ1v) is 4.05. The summed E-state index contributed by atoms with van der Waals surface area (Å²) in [7, 11) is 0. The van der Waals surface area contributed by atoms with Gasteiger partial charge in [-0.05, 0) is 12.8 Å². The van der Waals surface area contributed by atoms with Crippen LogP contribution in [-0.4, -0.2) is 16.3 Å². The van der Waals surface area contributed by atoms with Gasteiger partial charge >= 0.3 is 0 Å². The van der Waals surface area contributed by atoms with Crippen molar-refractivity contribution in [3.63, 3.8) is 0 Å². The summed E-state index contributed by atoms with van der Waals surface area (Å²) in [6.45, 7) is 0. The van der Waals surface area contributed by atoms with Crippen LogP contribution in [0.2, 0.25) is 5.02 Å². The lowest BCUT2D eigenvalue weighted by Gasteiger charge is -2.03. The highest BCUT2D eigenvalue weighted by atomic mass is 35.5. The number of aromatic amines is 1. The fourth-order valence-corrected chi connectivity index (χ4v) is 0.950. The zero-order valence-electron chi connectivity index (χ0n) is 6.21.